The number of hydrogen-bond donors (Lipinski definition) is 1. The topological polar surface area (TPSA) is 33.1 Å². The minimum absolute atomic E-state index is 0.222. The van der Waals surface area contributed by atoms with Crippen LogP contribution in [-0.2, 0) is 0 Å². The summed E-state index contributed by atoms with van der Waals surface area (Å²) in [6, 6.07) is 3.84. The number of nitrogens with zero attached hydrogens (tertiary/aromatic N) is 1. The van der Waals surface area contributed by atoms with Crippen LogP contribution >= 0.6 is 0 Å². The van der Waals surface area contributed by atoms with Crippen molar-refractivity contribution in [2.45, 2.75) is 26.9 Å². The molecular formula is C10H15NO. The van der Waals surface area contributed by atoms with E-state index in [1.807, 2.05) is 32.9 Å². The zero-order valence-electron chi connectivity index (χ0n) is 7.78. The number of aliphatic hydroxyl groups is 1. The van der Waals surface area contributed by atoms with Gasteiger partial charge in [-0.15, -0.1) is 0 Å². The van der Waals surface area contributed by atoms with Crippen LogP contribution in [-0.4, -0.2) is 10.1 Å². The van der Waals surface area contributed by atoms with E-state index >= 15 is 0 Å². The molecule has 0 saturated heterocycles. The van der Waals surface area contributed by atoms with Gasteiger partial charge in [-0.05, 0) is 24.5 Å². The maximum Gasteiger partial charge on any atom is 0.0982 e. The molecule has 0 aliphatic heterocycles. The van der Waals surface area contributed by atoms with E-state index in [1.165, 1.54) is 0 Å². The lowest BCUT2D eigenvalue weighted by molar-refractivity contribution is 0.122. The van der Waals surface area contributed by atoms with Gasteiger partial charge in [0.15, 0.2) is 0 Å². The Balaban J connectivity index is 2.82. The fraction of sp³-hybridized carbons (Fsp3) is 0.500. The first-order valence-corrected chi connectivity index (χ1v) is 4.22. The van der Waals surface area contributed by atoms with E-state index in [1.54, 1.807) is 6.20 Å². The molecule has 1 unspecified atom stereocenters. The largest absolute Gasteiger partial charge is 0.387 e. The highest BCUT2D eigenvalue weighted by Crippen LogP contribution is 2.18. The second-order valence-corrected chi connectivity index (χ2v) is 3.45. The molecule has 0 spiro atoms. The minimum Gasteiger partial charge on any atom is -0.387 e. The number of aryl methyl sites for hydroxylation is 1. The van der Waals surface area contributed by atoms with Crippen molar-refractivity contribution < 1.29 is 5.11 Å². The first-order valence-electron chi connectivity index (χ1n) is 4.22. The van der Waals surface area contributed by atoms with Crippen LogP contribution in [0.3, 0.4) is 0 Å². The third-order valence-corrected chi connectivity index (χ3v) is 1.87. The number of pyridine rings is 1. The van der Waals surface area contributed by atoms with Gasteiger partial charge >= 0.3 is 0 Å². The molecule has 66 valence electrons. The predicted molar refractivity (Wildman–Crippen MR) is 48.8 cm³/mol. The summed E-state index contributed by atoms with van der Waals surface area (Å²) in [5.74, 6) is 0.222. The Bertz CT molecular complexity index is 241. The monoisotopic (exact) mass is 165 g/mol. The normalized spacial score (nSPS) is 13.4. The van der Waals surface area contributed by atoms with E-state index in [9.17, 15) is 5.11 Å². The third kappa shape index (κ3) is 2.05. The van der Waals surface area contributed by atoms with Crippen LogP contribution in [0, 0.1) is 12.8 Å². The van der Waals surface area contributed by atoms with E-state index in [0.29, 0.717) is 0 Å². The second-order valence-electron chi connectivity index (χ2n) is 3.45. The Morgan fingerprint density at radius 3 is 2.42 bits per heavy atom. The molecule has 2 nitrogen and oxygen atoms in total. The molecule has 12 heavy (non-hydrogen) atoms. The SMILES string of the molecule is Cc1ccc(C(O)C(C)C)nc1. The molecule has 0 aromatic carbocycles. The maximum atomic E-state index is 9.63. The van der Waals surface area contributed by atoms with E-state index in [0.717, 1.165) is 11.3 Å². The molecule has 1 aromatic heterocycles. The Labute approximate surface area is 73.3 Å². The standard InChI is InChI=1S/C10H15NO/c1-7(2)10(12)9-5-4-8(3)6-11-9/h4-7,10,12H,1-3H3. The van der Waals surface area contributed by atoms with Gasteiger partial charge in [-0.2, -0.15) is 0 Å². The minimum atomic E-state index is -0.439. The molecule has 1 aromatic rings. The molecule has 2 heteroatoms. The molecule has 1 rings (SSSR count). The second kappa shape index (κ2) is 3.68. The first kappa shape index (κ1) is 9.20. The van der Waals surface area contributed by atoms with Gasteiger partial charge in [0, 0.05) is 6.20 Å². The molecule has 0 aliphatic rings. The Morgan fingerprint density at radius 1 is 1.33 bits per heavy atom. The lowest BCUT2D eigenvalue weighted by Gasteiger charge is -2.13. The molecule has 0 amide bonds. The third-order valence-electron chi connectivity index (χ3n) is 1.87. The Morgan fingerprint density at radius 2 is 2.00 bits per heavy atom. The van der Waals surface area contributed by atoms with Crippen LogP contribution in [0.5, 0.6) is 0 Å². The smallest absolute Gasteiger partial charge is 0.0982 e. The number of aliphatic hydroxyl groups excluding tert-OH is 1. The van der Waals surface area contributed by atoms with Crippen molar-refractivity contribution in [1.82, 2.24) is 4.98 Å². The maximum absolute atomic E-state index is 9.63. The van der Waals surface area contributed by atoms with Crippen LogP contribution < -0.4 is 0 Å². The molecule has 0 bridgehead atoms. The highest BCUT2D eigenvalue weighted by atomic mass is 16.3. The van der Waals surface area contributed by atoms with Gasteiger partial charge in [-0.3, -0.25) is 4.98 Å². The van der Waals surface area contributed by atoms with Crippen molar-refractivity contribution in [3.63, 3.8) is 0 Å². The lowest BCUT2D eigenvalue weighted by Crippen LogP contribution is -2.07. The van der Waals surface area contributed by atoms with Crippen LogP contribution in [0.2, 0.25) is 0 Å². The van der Waals surface area contributed by atoms with Gasteiger partial charge in [-0.25, -0.2) is 0 Å². The van der Waals surface area contributed by atoms with Gasteiger partial charge in [0.25, 0.3) is 0 Å². The number of hydrogen-bond acceptors (Lipinski definition) is 2. The summed E-state index contributed by atoms with van der Waals surface area (Å²) in [4.78, 5) is 4.15. The molecule has 0 saturated carbocycles. The van der Waals surface area contributed by atoms with E-state index in [-0.39, 0.29) is 5.92 Å². The highest BCUT2D eigenvalue weighted by molar-refractivity contribution is 5.14. The van der Waals surface area contributed by atoms with E-state index < -0.39 is 6.10 Å². The van der Waals surface area contributed by atoms with Gasteiger partial charge in [0.2, 0.25) is 0 Å². The summed E-state index contributed by atoms with van der Waals surface area (Å²) in [5, 5.41) is 9.63. The van der Waals surface area contributed by atoms with Gasteiger partial charge in [0.1, 0.15) is 0 Å². The fourth-order valence-corrected chi connectivity index (χ4v) is 0.996. The number of rotatable bonds is 2. The number of aromatic nitrogens is 1. The van der Waals surface area contributed by atoms with E-state index in [4.69, 9.17) is 0 Å². The Kier molecular flexibility index (Phi) is 2.82. The lowest BCUT2D eigenvalue weighted by atomic mass is 10.0. The van der Waals surface area contributed by atoms with Crippen LogP contribution in [0.15, 0.2) is 18.3 Å². The predicted octanol–water partition coefficient (Wildman–Crippen LogP) is 2.08. The molecular weight excluding hydrogens is 150 g/mol. The quantitative estimate of drug-likeness (QED) is 0.727. The summed E-state index contributed by atoms with van der Waals surface area (Å²) < 4.78 is 0. The molecule has 0 aliphatic carbocycles. The van der Waals surface area contributed by atoms with Gasteiger partial charge in [0.05, 0.1) is 11.8 Å². The zero-order valence-corrected chi connectivity index (χ0v) is 7.78. The molecule has 1 N–H and O–H groups in total. The van der Waals surface area contributed by atoms with Crippen molar-refractivity contribution in [2.24, 2.45) is 5.92 Å². The summed E-state index contributed by atoms with van der Waals surface area (Å²) in [6.45, 7) is 5.94. The summed E-state index contributed by atoms with van der Waals surface area (Å²) in [5.41, 5.74) is 1.88. The van der Waals surface area contributed by atoms with Crippen molar-refractivity contribution in [1.29, 1.82) is 0 Å². The molecule has 1 heterocycles. The fourth-order valence-electron chi connectivity index (χ4n) is 0.996. The Hall–Kier alpha value is -0.890. The average molecular weight is 165 g/mol. The summed E-state index contributed by atoms with van der Waals surface area (Å²) >= 11 is 0. The first-order chi connectivity index (χ1) is 5.61. The molecule has 0 radical (unpaired) electrons. The van der Waals surface area contributed by atoms with Crippen molar-refractivity contribution >= 4 is 0 Å². The molecule has 0 fully saturated rings. The zero-order chi connectivity index (χ0) is 9.14. The van der Waals surface area contributed by atoms with Crippen molar-refractivity contribution in [3.05, 3.63) is 29.6 Å². The van der Waals surface area contributed by atoms with Gasteiger partial charge in [-0.1, -0.05) is 19.9 Å². The van der Waals surface area contributed by atoms with Crippen LogP contribution in [0.4, 0.5) is 0 Å². The van der Waals surface area contributed by atoms with E-state index in [2.05, 4.69) is 4.98 Å². The van der Waals surface area contributed by atoms with Crippen LogP contribution in [0.1, 0.15) is 31.2 Å². The van der Waals surface area contributed by atoms with Crippen LogP contribution in [0.25, 0.3) is 0 Å². The highest BCUT2D eigenvalue weighted by Gasteiger charge is 2.12. The summed E-state index contributed by atoms with van der Waals surface area (Å²) in [7, 11) is 0. The summed E-state index contributed by atoms with van der Waals surface area (Å²) in [6.07, 6.45) is 1.34. The average Bonchev–Trinajstić information content (AvgIpc) is 2.04. The van der Waals surface area contributed by atoms with Crippen molar-refractivity contribution in [3.8, 4) is 0 Å². The van der Waals surface area contributed by atoms with Crippen molar-refractivity contribution in [2.75, 3.05) is 0 Å². The van der Waals surface area contributed by atoms with Gasteiger partial charge < -0.3 is 5.11 Å². The molecule has 1 atom stereocenters.